The number of nitrogens with one attached hydrogen (secondary N) is 1. The quantitative estimate of drug-likeness (QED) is 0.433. The van der Waals surface area contributed by atoms with Gasteiger partial charge in [0.2, 0.25) is 0 Å². The number of H-pyrrole nitrogens is 1. The van der Waals surface area contributed by atoms with Gasteiger partial charge in [0.05, 0.1) is 23.9 Å². The first-order valence-corrected chi connectivity index (χ1v) is 10.3. The Hall–Kier alpha value is -2.28. The number of carbonyl (C=O) groups is 1. The van der Waals surface area contributed by atoms with Crippen LogP contribution in [0, 0.1) is 0 Å². The minimum absolute atomic E-state index is 0.268. The monoisotopic (exact) mass is 431 g/mol. The van der Waals surface area contributed by atoms with Crippen LogP contribution in [0.3, 0.4) is 0 Å². The molecular formula is C20H15Cl2N3O2S. The highest BCUT2D eigenvalue weighted by molar-refractivity contribution is 7.22. The molecule has 0 fully saturated rings. The van der Waals surface area contributed by atoms with Crippen molar-refractivity contribution in [3.8, 4) is 0 Å². The Morgan fingerprint density at radius 1 is 1.25 bits per heavy atom. The molecule has 1 N–H and O–H groups in total. The van der Waals surface area contributed by atoms with Gasteiger partial charge in [0, 0.05) is 33.2 Å². The molecule has 1 unspecified atom stereocenters. The number of anilines is 1. The maximum Gasteiger partial charge on any atom is 0.315 e. The number of thiazole rings is 1. The van der Waals surface area contributed by atoms with Gasteiger partial charge in [-0.2, -0.15) is 0 Å². The summed E-state index contributed by atoms with van der Waals surface area (Å²) in [5.41, 5.74) is 3.76. The summed E-state index contributed by atoms with van der Waals surface area (Å²) in [6.07, 6.45) is 0. The first-order chi connectivity index (χ1) is 13.5. The summed E-state index contributed by atoms with van der Waals surface area (Å²) in [5, 5.41) is 3.12. The van der Waals surface area contributed by atoms with Crippen LogP contribution < -0.4 is 4.90 Å². The average Bonchev–Trinajstić information content (AvgIpc) is 3.27. The van der Waals surface area contributed by atoms with E-state index in [1.165, 1.54) is 7.11 Å². The number of hydrogen-bond donors (Lipinski definition) is 1. The molecule has 5 nitrogen and oxygen atoms in total. The van der Waals surface area contributed by atoms with E-state index in [9.17, 15) is 4.79 Å². The van der Waals surface area contributed by atoms with Crippen molar-refractivity contribution in [1.29, 1.82) is 0 Å². The number of hydrogen-bond acceptors (Lipinski definition) is 5. The summed E-state index contributed by atoms with van der Waals surface area (Å²) in [6.45, 7) is 1.12. The molecule has 0 saturated carbocycles. The Bertz CT molecular complexity index is 1230. The van der Waals surface area contributed by atoms with Crippen molar-refractivity contribution in [1.82, 2.24) is 9.97 Å². The van der Waals surface area contributed by atoms with E-state index < -0.39 is 5.92 Å². The number of aromatic amines is 1. The van der Waals surface area contributed by atoms with Crippen molar-refractivity contribution in [2.75, 3.05) is 18.6 Å². The fourth-order valence-corrected chi connectivity index (χ4v) is 5.13. The van der Waals surface area contributed by atoms with E-state index in [2.05, 4.69) is 9.88 Å². The van der Waals surface area contributed by atoms with Gasteiger partial charge in [-0.3, -0.25) is 4.79 Å². The predicted molar refractivity (Wildman–Crippen MR) is 114 cm³/mol. The number of esters is 1. The third kappa shape index (κ3) is 2.83. The Balaban J connectivity index is 1.63. The average molecular weight is 432 g/mol. The van der Waals surface area contributed by atoms with Gasteiger partial charge in [-0.1, -0.05) is 34.5 Å². The first-order valence-electron chi connectivity index (χ1n) is 8.72. The molecule has 28 heavy (non-hydrogen) atoms. The van der Waals surface area contributed by atoms with Crippen molar-refractivity contribution < 1.29 is 9.53 Å². The number of fused-ring (bicyclic) bond motifs is 4. The summed E-state index contributed by atoms with van der Waals surface area (Å²) in [7, 11) is 1.42. The van der Waals surface area contributed by atoms with E-state index in [4.69, 9.17) is 32.9 Å². The lowest BCUT2D eigenvalue weighted by atomic mass is 9.92. The van der Waals surface area contributed by atoms with Gasteiger partial charge in [-0.15, -0.1) is 0 Å². The van der Waals surface area contributed by atoms with Crippen LogP contribution in [-0.2, 0) is 16.1 Å². The molecule has 0 saturated heterocycles. The lowest BCUT2D eigenvalue weighted by Gasteiger charge is -2.31. The number of nitrogens with zero attached hydrogens (tertiary/aromatic N) is 2. The fourth-order valence-electron chi connectivity index (χ4n) is 3.83. The van der Waals surface area contributed by atoms with E-state index in [0.717, 1.165) is 37.5 Å². The summed E-state index contributed by atoms with van der Waals surface area (Å²) >= 11 is 13.9. The van der Waals surface area contributed by atoms with Crippen LogP contribution in [-0.4, -0.2) is 29.6 Å². The molecule has 142 valence electrons. The molecule has 0 bridgehead atoms. The molecule has 0 spiro atoms. The number of methoxy groups -OCH3 is 1. The van der Waals surface area contributed by atoms with Crippen LogP contribution >= 0.6 is 34.5 Å². The second-order valence-electron chi connectivity index (χ2n) is 6.77. The van der Waals surface area contributed by atoms with Crippen LogP contribution in [0.1, 0.15) is 17.2 Å². The van der Waals surface area contributed by atoms with Gasteiger partial charge in [0.15, 0.2) is 5.13 Å². The molecule has 1 aliphatic heterocycles. The normalized spacial score (nSPS) is 16.5. The lowest BCUT2D eigenvalue weighted by Crippen LogP contribution is -2.37. The third-order valence-electron chi connectivity index (χ3n) is 5.08. The first kappa shape index (κ1) is 17.8. The zero-order chi connectivity index (χ0) is 19.4. The summed E-state index contributed by atoms with van der Waals surface area (Å²) in [4.78, 5) is 22.9. The highest BCUT2D eigenvalue weighted by atomic mass is 35.5. The third-order valence-corrected chi connectivity index (χ3v) is 6.64. The number of aromatic nitrogens is 2. The molecule has 2 aromatic carbocycles. The summed E-state index contributed by atoms with van der Waals surface area (Å²) in [6, 6.07) is 11.4. The van der Waals surface area contributed by atoms with Crippen LogP contribution in [0.4, 0.5) is 5.13 Å². The zero-order valence-electron chi connectivity index (χ0n) is 14.8. The van der Waals surface area contributed by atoms with Gasteiger partial charge >= 0.3 is 5.97 Å². The number of benzene rings is 2. The van der Waals surface area contributed by atoms with Gasteiger partial charge in [-0.05, 0) is 42.0 Å². The van der Waals surface area contributed by atoms with E-state index in [1.807, 2.05) is 36.4 Å². The fraction of sp³-hybridized carbons (Fsp3) is 0.200. The molecule has 0 aliphatic carbocycles. The van der Waals surface area contributed by atoms with Crippen LogP contribution in [0.15, 0.2) is 36.4 Å². The molecule has 3 heterocycles. The standard InChI is InChI=1S/C20H15Cl2N3O2S/c1-27-19(26)13-8-25(20-24-15-7-11(22)3-5-17(15)28-20)9-16-18(13)12-6-10(21)2-4-14(12)23-16/h2-7,13,23H,8-9H2,1H3. The molecule has 2 aromatic heterocycles. The highest BCUT2D eigenvalue weighted by Gasteiger charge is 2.35. The second-order valence-corrected chi connectivity index (χ2v) is 8.65. The minimum atomic E-state index is -0.420. The van der Waals surface area contributed by atoms with Crippen LogP contribution in [0.2, 0.25) is 10.0 Å². The van der Waals surface area contributed by atoms with Gasteiger partial charge in [-0.25, -0.2) is 4.98 Å². The Kier molecular flexibility index (Phi) is 4.23. The van der Waals surface area contributed by atoms with Crippen molar-refractivity contribution in [3.63, 3.8) is 0 Å². The second kappa shape index (κ2) is 6.65. The number of carbonyl (C=O) groups excluding carboxylic acids is 1. The highest BCUT2D eigenvalue weighted by Crippen LogP contribution is 2.40. The smallest absolute Gasteiger partial charge is 0.315 e. The lowest BCUT2D eigenvalue weighted by molar-refractivity contribution is -0.142. The molecule has 0 radical (unpaired) electrons. The molecule has 4 aromatic rings. The molecule has 1 aliphatic rings. The van der Waals surface area contributed by atoms with Crippen molar-refractivity contribution in [2.45, 2.75) is 12.5 Å². The van der Waals surface area contributed by atoms with Gasteiger partial charge in [0.1, 0.15) is 5.92 Å². The topological polar surface area (TPSA) is 58.2 Å². The Morgan fingerprint density at radius 3 is 2.86 bits per heavy atom. The Labute approximate surface area is 174 Å². The van der Waals surface area contributed by atoms with E-state index in [-0.39, 0.29) is 5.97 Å². The molecule has 1 atom stereocenters. The Morgan fingerprint density at radius 2 is 2.04 bits per heavy atom. The van der Waals surface area contributed by atoms with Crippen molar-refractivity contribution in [3.05, 3.63) is 57.7 Å². The van der Waals surface area contributed by atoms with Crippen molar-refractivity contribution >= 4 is 66.8 Å². The predicted octanol–water partition coefficient (Wildman–Crippen LogP) is 5.36. The molecule has 8 heteroatoms. The van der Waals surface area contributed by atoms with Gasteiger partial charge in [0.25, 0.3) is 0 Å². The van der Waals surface area contributed by atoms with E-state index in [1.54, 1.807) is 11.3 Å². The van der Waals surface area contributed by atoms with E-state index >= 15 is 0 Å². The molecule has 0 amide bonds. The molecule has 5 rings (SSSR count). The van der Waals surface area contributed by atoms with E-state index in [0.29, 0.717) is 23.1 Å². The number of ether oxygens (including phenoxy) is 1. The van der Waals surface area contributed by atoms with Crippen molar-refractivity contribution in [2.24, 2.45) is 0 Å². The maximum atomic E-state index is 12.6. The van der Waals surface area contributed by atoms with Crippen LogP contribution in [0.5, 0.6) is 0 Å². The minimum Gasteiger partial charge on any atom is -0.468 e. The SMILES string of the molecule is COC(=O)C1CN(c2nc3cc(Cl)ccc3s2)Cc2[nH]c3ccc(Cl)cc3c21. The largest absolute Gasteiger partial charge is 0.468 e. The summed E-state index contributed by atoms with van der Waals surface area (Å²) in [5.74, 6) is -0.687. The maximum absolute atomic E-state index is 12.6. The number of rotatable bonds is 2. The summed E-state index contributed by atoms with van der Waals surface area (Å²) < 4.78 is 6.17. The molecular weight excluding hydrogens is 417 g/mol. The number of halogens is 2. The van der Waals surface area contributed by atoms with Crippen LogP contribution in [0.25, 0.3) is 21.1 Å². The zero-order valence-corrected chi connectivity index (χ0v) is 17.2. The van der Waals surface area contributed by atoms with Gasteiger partial charge < -0.3 is 14.6 Å².